The fraction of sp³-hybridized carbons (Fsp3) is 0.143. The lowest BCUT2D eigenvalue weighted by molar-refractivity contribution is -0.383. The number of H-pyrrole nitrogens is 1. The molecule has 0 aliphatic heterocycles. The minimum Gasteiger partial charge on any atom is -0.493 e. The molecule has 0 aliphatic rings. The number of fused-ring (bicyclic) bond motifs is 1. The fourth-order valence-electron chi connectivity index (χ4n) is 3.60. The minimum absolute atomic E-state index is 0.138. The highest BCUT2D eigenvalue weighted by Gasteiger charge is 2.20. The zero-order chi connectivity index (χ0) is 24.0. The SMILES string of the molecule is Cc1ccccc1-n1c(O)c(C=Nc2cc3c(cc2[N+](=O)[O-])n(C)c(=O)n3C)c(=O)[nH]c1=O. The number of aromatic amines is 1. The summed E-state index contributed by atoms with van der Waals surface area (Å²) in [6, 6.07) is 9.28. The van der Waals surface area contributed by atoms with Crippen LogP contribution >= 0.6 is 0 Å². The van der Waals surface area contributed by atoms with Gasteiger partial charge in [0.2, 0.25) is 5.88 Å². The zero-order valence-corrected chi connectivity index (χ0v) is 17.8. The van der Waals surface area contributed by atoms with Gasteiger partial charge in [-0.3, -0.25) is 29.0 Å². The molecule has 0 aliphatic carbocycles. The minimum atomic E-state index is -0.915. The Kier molecular flexibility index (Phi) is 5.04. The van der Waals surface area contributed by atoms with Crippen molar-refractivity contribution in [1.82, 2.24) is 18.7 Å². The first-order chi connectivity index (χ1) is 15.6. The molecule has 0 saturated heterocycles. The Labute approximate surface area is 184 Å². The zero-order valence-electron chi connectivity index (χ0n) is 17.8. The first-order valence-electron chi connectivity index (χ1n) is 9.64. The molecule has 0 fully saturated rings. The Bertz CT molecular complexity index is 1650. The second-order valence-electron chi connectivity index (χ2n) is 7.36. The number of hydrogen-bond acceptors (Lipinski definition) is 7. The van der Waals surface area contributed by atoms with E-state index in [9.17, 15) is 29.6 Å². The van der Waals surface area contributed by atoms with E-state index in [0.29, 0.717) is 22.3 Å². The Morgan fingerprint density at radius 2 is 1.73 bits per heavy atom. The van der Waals surface area contributed by atoms with E-state index in [0.717, 1.165) is 10.8 Å². The summed E-state index contributed by atoms with van der Waals surface area (Å²) >= 11 is 0. The molecule has 0 amide bonds. The van der Waals surface area contributed by atoms with Crippen molar-refractivity contribution >= 4 is 28.6 Å². The van der Waals surface area contributed by atoms with Crippen LogP contribution in [-0.4, -0.2) is 34.9 Å². The number of aromatic nitrogens is 4. The van der Waals surface area contributed by atoms with Crippen LogP contribution in [0.5, 0.6) is 5.88 Å². The number of aliphatic imine (C=N–C) groups is 1. The fourth-order valence-corrected chi connectivity index (χ4v) is 3.60. The number of nitro benzene ring substituents is 1. The molecule has 2 aromatic carbocycles. The van der Waals surface area contributed by atoms with Gasteiger partial charge in [0.1, 0.15) is 11.3 Å². The molecule has 0 radical (unpaired) electrons. The van der Waals surface area contributed by atoms with E-state index >= 15 is 0 Å². The molecule has 2 heterocycles. The Morgan fingerprint density at radius 3 is 2.36 bits per heavy atom. The predicted octanol–water partition coefficient (Wildman–Crippen LogP) is 1.39. The maximum absolute atomic E-state index is 12.4. The van der Waals surface area contributed by atoms with E-state index in [1.54, 1.807) is 31.2 Å². The molecule has 0 bridgehead atoms. The third kappa shape index (κ3) is 3.43. The normalized spacial score (nSPS) is 11.5. The monoisotopic (exact) mass is 450 g/mol. The van der Waals surface area contributed by atoms with Crippen LogP contribution in [0.25, 0.3) is 16.7 Å². The van der Waals surface area contributed by atoms with E-state index in [2.05, 4.69) is 9.98 Å². The lowest BCUT2D eigenvalue weighted by Crippen LogP contribution is -2.31. The molecule has 33 heavy (non-hydrogen) atoms. The number of nitrogens with zero attached hydrogens (tertiary/aromatic N) is 5. The summed E-state index contributed by atoms with van der Waals surface area (Å²) in [6.45, 7) is 1.72. The molecule has 12 heteroatoms. The van der Waals surface area contributed by atoms with Crippen LogP contribution in [0, 0.1) is 17.0 Å². The number of aryl methyl sites for hydroxylation is 3. The molecule has 2 N–H and O–H groups in total. The van der Waals surface area contributed by atoms with Gasteiger partial charge in [0, 0.05) is 26.4 Å². The van der Waals surface area contributed by atoms with Crippen molar-refractivity contribution in [1.29, 1.82) is 0 Å². The van der Waals surface area contributed by atoms with E-state index in [1.165, 1.54) is 35.4 Å². The molecular weight excluding hydrogens is 432 g/mol. The molecule has 12 nitrogen and oxygen atoms in total. The Hall–Kier alpha value is -4.74. The summed E-state index contributed by atoms with van der Waals surface area (Å²) in [6.07, 6.45) is 0.942. The smallest absolute Gasteiger partial charge is 0.335 e. The number of benzene rings is 2. The van der Waals surface area contributed by atoms with Gasteiger partial charge >= 0.3 is 11.4 Å². The molecule has 0 saturated carbocycles. The number of rotatable bonds is 4. The number of para-hydroxylation sites is 1. The van der Waals surface area contributed by atoms with Gasteiger partial charge in [0.25, 0.3) is 11.2 Å². The number of imidazole rings is 1. The maximum atomic E-state index is 12.4. The molecule has 0 spiro atoms. The Morgan fingerprint density at radius 1 is 1.09 bits per heavy atom. The van der Waals surface area contributed by atoms with E-state index in [-0.39, 0.29) is 16.9 Å². The highest BCUT2D eigenvalue weighted by Crippen LogP contribution is 2.32. The van der Waals surface area contributed by atoms with Crippen molar-refractivity contribution in [2.75, 3.05) is 0 Å². The number of hydrogen-bond donors (Lipinski definition) is 2. The molecular formula is C21H18N6O6. The molecule has 168 valence electrons. The molecule has 0 atom stereocenters. The van der Waals surface area contributed by atoms with Gasteiger partial charge in [0.05, 0.1) is 21.6 Å². The van der Waals surface area contributed by atoms with Gasteiger partial charge in [-0.2, -0.15) is 0 Å². The molecule has 2 aromatic heterocycles. The summed E-state index contributed by atoms with van der Waals surface area (Å²) in [7, 11) is 3.00. The van der Waals surface area contributed by atoms with E-state index in [1.807, 2.05) is 0 Å². The van der Waals surface area contributed by atoms with Crippen molar-refractivity contribution in [3.8, 4) is 11.6 Å². The van der Waals surface area contributed by atoms with Crippen molar-refractivity contribution in [3.05, 3.63) is 89.0 Å². The van der Waals surface area contributed by atoms with E-state index < -0.39 is 27.7 Å². The standard InChI is InChI=1S/C21H18N6O6/c1-11-6-4-5-7-14(11)26-19(29)12(18(28)23-20(26)30)10-22-13-8-16-17(9-15(13)27(32)33)25(3)21(31)24(16)2/h4-10,29H,1-3H3,(H,23,28,30). The second kappa shape index (κ2) is 7.75. The first-order valence-corrected chi connectivity index (χ1v) is 9.64. The van der Waals surface area contributed by atoms with Crippen molar-refractivity contribution < 1.29 is 10.0 Å². The van der Waals surface area contributed by atoms with Crippen LogP contribution in [0.3, 0.4) is 0 Å². The number of nitro groups is 1. The van der Waals surface area contributed by atoms with Crippen LogP contribution in [0.15, 0.2) is 55.8 Å². The van der Waals surface area contributed by atoms with Crippen LogP contribution < -0.4 is 16.9 Å². The Balaban J connectivity index is 1.93. The quantitative estimate of drug-likeness (QED) is 0.272. The molecule has 4 aromatic rings. The second-order valence-corrected chi connectivity index (χ2v) is 7.36. The first kappa shape index (κ1) is 21.5. The van der Waals surface area contributed by atoms with Crippen molar-refractivity contribution in [2.45, 2.75) is 6.92 Å². The maximum Gasteiger partial charge on any atom is 0.335 e. The third-order valence-corrected chi connectivity index (χ3v) is 5.37. The summed E-state index contributed by atoms with van der Waals surface area (Å²) in [5.74, 6) is -0.669. The van der Waals surface area contributed by atoms with Gasteiger partial charge < -0.3 is 5.11 Å². The summed E-state index contributed by atoms with van der Waals surface area (Å²) in [4.78, 5) is 54.1. The topological polar surface area (TPSA) is 158 Å². The van der Waals surface area contributed by atoms with Crippen LogP contribution in [0.1, 0.15) is 11.1 Å². The van der Waals surface area contributed by atoms with Gasteiger partial charge in [-0.15, -0.1) is 0 Å². The van der Waals surface area contributed by atoms with Crippen molar-refractivity contribution in [3.63, 3.8) is 0 Å². The lowest BCUT2D eigenvalue weighted by atomic mass is 10.2. The van der Waals surface area contributed by atoms with Crippen LogP contribution in [-0.2, 0) is 14.1 Å². The number of aromatic hydroxyl groups is 1. The summed E-state index contributed by atoms with van der Waals surface area (Å²) in [5, 5.41) is 22.3. The van der Waals surface area contributed by atoms with Crippen LogP contribution in [0.4, 0.5) is 11.4 Å². The average Bonchev–Trinajstić information content (AvgIpc) is 2.97. The molecule has 4 rings (SSSR count). The van der Waals surface area contributed by atoms with E-state index in [4.69, 9.17) is 0 Å². The van der Waals surface area contributed by atoms with Gasteiger partial charge in [-0.1, -0.05) is 18.2 Å². The van der Waals surface area contributed by atoms with Gasteiger partial charge in [-0.25, -0.2) is 19.1 Å². The summed E-state index contributed by atoms with van der Waals surface area (Å²) in [5.41, 5.74) is -1.31. The average molecular weight is 450 g/mol. The number of nitrogens with one attached hydrogen (secondary N) is 1. The molecule has 0 unspecified atom stereocenters. The summed E-state index contributed by atoms with van der Waals surface area (Å²) < 4.78 is 3.49. The van der Waals surface area contributed by atoms with Gasteiger partial charge in [-0.05, 0) is 24.6 Å². The van der Waals surface area contributed by atoms with Crippen LogP contribution in [0.2, 0.25) is 0 Å². The van der Waals surface area contributed by atoms with Gasteiger partial charge in [0.15, 0.2) is 0 Å². The lowest BCUT2D eigenvalue weighted by Gasteiger charge is -2.11. The third-order valence-electron chi connectivity index (χ3n) is 5.37. The predicted molar refractivity (Wildman–Crippen MR) is 121 cm³/mol. The highest BCUT2D eigenvalue weighted by atomic mass is 16.6. The largest absolute Gasteiger partial charge is 0.493 e. The highest BCUT2D eigenvalue weighted by molar-refractivity contribution is 5.89. The van der Waals surface area contributed by atoms with Crippen molar-refractivity contribution in [2.24, 2.45) is 19.1 Å².